The van der Waals surface area contributed by atoms with Gasteiger partial charge in [0.2, 0.25) is 0 Å². The number of fused-ring (bicyclic) bond motifs is 3. The molecule has 0 bridgehead atoms. The van der Waals surface area contributed by atoms with E-state index < -0.39 is 23.7 Å². The average Bonchev–Trinajstić information content (AvgIpc) is 3.20. The molecule has 0 saturated carbocycles. The zero-order chi connectivity index (χ0) is 27.3. The van der Waals surface area contributed by atoms with Gasteiger partial charge in [0, 0.05) is 12.3 Å². The van der Waals surface area contributed by atoms with Gasteiger partial charge >= 0.3 is 18.0 Å². The van der Waals surface area contributed by atoms with Crippen LogP contribution in [0.2, 0.25) is 0 Å². The number of amides is 1. The fourth-order valence-electron chi connectivity index (χ4n) is 4.69. The molecule has 0 saturated heterocycles. The van der Waals surface area contributed by atoms with Crippen LogP contribution in [0.4, 0.5) is 4.79 Å². The zero-order valence-corrected chi connectivity index (χ0v) is 22.2. The maximum Gasteiger partial charge on any atom is 0.407 e. The van der Waals surface area contributed by atoms with Crippen LogP contribution in [-0.4, -0.2) is 43.4 Å². The van der Waals surface area contributed by atoms with Crippen molar-refractivity contribution in [2.24, 2.45) is 0 Å². The highest BCUT2D eigenvalue weighted by Crippen LogP contribution is 2.44. The number of carbonyl (C=O) groups excluding carboxylic acids is 3. The van der Waals surface area contributed by atoms with Gasteiger partial charge in [-0.3, -0.25) is 4.79 Å². The molecule has 3 aromatic rings. The van der Waals surface area contributed by atoms with E-state index >= 15 is 0 Å². The van der Waals surface area contributed by atoms with Crippen LogP contribution in [0.3, 0.4) is 0 Å². The standard InChI is InChI=1S/C31H33NO6/c1-31(2,3)38-29(34)27(17-20-10-9-11-21(16-20)18-28(33)36-4)32-30(35)37-19-26-24-14-7-5-12-22(24)23-13-6-8-15-25(23)26/h5-16,26-27H,17-19H2,1-4H3,(H,32,35)/t27-/m0/s1. The second-order valence-electron chi connectivity index (χ2n) is 10.3. The van der Waals surface area contributed by atoms with Gasteiger partial charge < -0.3 is 19.5 Å². The van der Waals surface area contributed by atoms with Gasteiger partial charge in [0.25, 0.3) is 0 Å². The summed E-state index contributed by atoms with van der Waals surface area (Å²) in [7, 11) is 1.34. The SMILES string of the molecule is COC(=O)Cc1cccc(C[C@H](NC(=O)OCC2c3ccccc3-c3ccccc32)C(=O)OC(C)(C)C)c1. The molecule has 1 amide bonds. The average molecular weight is 516 g/mol. The van der Waals surface area contributed by atoms with E-state index in [-0.39, 0.29) is 31.3 Å². The molecular weight excluding hydrogens is 482 g/mol. The lowest BCUT2D eigenvalue weighted by Gasteiger charge is -2.25. The Kier molecular flexibility index (Phi) is 8.15. The van der Waals surface area contributed by atoms with Gasteiger partial charge in [-0.25, -0.2) is 9.59 Å². The Bertz CT molecular complexity index is 1280. The molecule has 0 aromatic heterocycles. The van der Waals surface area contributed by atoms with Crippen LogP contribution in [0.25, 0.3) is 11.1 Å². The van der Waals surface area contributed by atoms with Gasteiger partial charge in [0.15, 0.2) is 0 Å². The van der Waals surface area contributed by atoms with Crippen LogP contribution in [0.1, 0.15) is 48.9 Å². The molecule has 1 atom stereocenters. The van der Waals surface area contributed by atoms with E-state index in [0.29, 0.717) is 0 Å². The lowest BCUT2D eigenvalue weighted by atomic mass is 9.98. The summed E-state index contributed by atoms with van der Waals surface area (Å²) in [6.45, 7) is 5.44. The molecule has 0 fully saturated rings. The molecule has 0 aliphatic heterocycles. The Hall–Kier alpha value is -4.13. The molecule has 1 N–H and O–H groups in total. The van der Waals surface area contributed by atoms with E-state index in [2.05, 4.69) is 17.4 Å². The van der Waals surface area contributed by atoms with Gasteiger partial charge in [-0.1, -0.05) is 72.8 Å². The largest absolute Gasteiger partial charge is 0.469 e. The third-order valence-corrected chi connectivity index (χ3v) is 6.33. The first-order chi connectivity index (χ1) is 18.1. The molecule has 0 spiro atoms. The van der Waals surface area contributed by atoms with Crippen molar-refractivity contribution in [2.45, 2.75) is 51.2 Å². The van der Waals surface area contributed by atoms with Crippen LogP contribution in [-0.2, 0) is 36.6 Å². The first-order valence-corrected chi connectivity index (χ1v) is 12.6. The molecule has 1 aliphatic rings. The molecule has 1 aliphatic carbocycles. The number of hydrogen-bond acceptors (Lipinski definition) is 6. The van der Waals surface area contributed by atoms with Gasteiger partial charge in [-0.2, -0.15) is 0 Å². The summed E-state index contributed by atoms with van der Waals surface area (Å²) in [5, 5.41) is 2.70. The van der Waals surface area contributed by atoms with E-state index in [1.165, 1.54) is 7.11 Å². The third-order valence-electron chi connectivity index (χ3n) is 6.33. The van der Waals surface area contributed by atoms with E-state index in [9.17, 15) is 14.4 Å². The monoisotopic (exact) mass is 515 g/mol. The van der Waals surface area contributed by atoms with Gasteiger partial charge in [-0.15, -0.1) is 0 Å². The van der Waals surface area contributed by atoms with Gasteiger partial charge in [0.1, 0.15) is 18.2 Å². The molecule has 38 heavy (non-hydrogen) atoms. The predicted octanol–water partition coefficient (Wildman–Crippen LogP) is 5.19. The van der Waals surface area contributed by atoms with E-state index in [4.69, 9.17) is 14.2 Å². The quantitative estimate of drug-likeness (QED) is 0.328. The molecule has 7 nitrogen and oxygen atoms in total. The number of carbonyl (C=O) groups is 3. The number of nitrogens with one attached hydrogen (secondary N) is 1. The highest BCUT2D eigenvalue weighted by molar-refractivity contribution is 5.82. The second-order valence-corrected chi connectivity index (χ2v) is 10.3. The van der Waals surface area contributed by atoms with Crippen LogP contribution >= 0.6 is 0 Å². The number of hydrogen-bond donors (Lipinski definition) is 1. The smallest absolute Gasteiger partial charge is 0.407 e. The maximum atomic E-state index is 13.0. The lowest BCUT2D eigenvalue weighted by molar-refractivity contribution is -0.157. The fraction of sp³-hybridized carbons (Fsp3) is 0.323. The molecule has 198 valence electrons. The van der Waals surface area contributed by atoms with Gasteiger partial charge in [-0.05, 0) is 54.2 Å². The van der Waals surface area contributed by atoms with Crippen molar-refractivity contribution < 1.29 is 28.6 Å². The van der Waals surface area contributed by atoms with E-state index in [1.54, 1.807) is 26.8 Å². The minimum Gasteiger partial charge on any atom is -0.469 e. The Morgan fingerprint density at radius 1 is 0.868 bits per heavy atom. The number of rotatable bonds is 8. The van der Waals surface area contributed by atoms with Crippen LogP contribution in [0.15, 0.2) is 72.8 Å². The first kappa shape index (κ1) is 26.9. The highest BCUT2D eigenvalue weighted by Gasteiger charge is 2.31. The van der Waals surface area contributed by atoms with Crippen molar-refractivity contribution in [1.29, 1.82) is 0 Å². The Labute approximate surface area is 223 Å². The highest BCUT2D eigenvalue weighted by atomic mass is 16.6. The molecule has 7 heteroatoms. The third kappa shape index (κ3) is 6.59. The minimum atomic E-state index is -0.974. The summed E-state index contributed by atoms with van der Waals surface area (Å²) in [6.07, 6.45) is -0.413. The van der Waals surface area contributed by atoms with E-state index in [1.807, 2.05) is 54.6 Å². The molecule has 0 unspecified atom stereocenters. The van der Waals surface area contributed by atoms with Crippen LogP contribution in [0.5, 0.6) is 0 Å². The second kappa shape index (κ2) is 11.5. The topological polar surface area (TPSA) is 90.9 Å². The summed E-state index contributed by atoms with van der Waals surface area (Å²) in [6, 6.07) is 22.5. The van der Waals surface area contributed by atoms with Gasteiger partial charge in [0.05, 0.1) is 13.5 Å². The van der Waals surface area contributed by atoms with Crippen molar-refractivity contribution in [2.75, 3.05) is 13.7 Å². The predicted molar refractivity (Wildman–Crippen MR) is 144 cm³/mol. The van der Waals surface area contributed by atoms with Crippen LogP contribution in [0, 0.1) is 0 Å². The normalized spacial score (nSPS) is 13.2. The Morgan fingerprint density at radius 3 is 2.08 bits per heavy atom. The number of benzene rings is 3. The number of alkyl carbamates (subject to hydrolysis) is 1. The van der Waals surface area contributed by atoms with Crippen molar-refractivity contribution in [3.05, 3.63) is 95.1 Å². The maximum absolute atomic E-state index is 13.0. The minimum absolute atomic E-state index is 0.0943. The summed E-state index contributed by atoms with van der Waals surface area (Å²) in [4.78, 5) is 37.7. The Balaban J connectivity index is 1.47. The van der Waals surface area contributed by atoms with E-state index in [0.717, 1.165) is 33.4 Å². The Morgan fingerprint density at radius 2 is 1.47 bits per heavy atom. The summed E-state index contributed by atoms with van der Waals surface area (Å²) >= 11 is 0. The molecular formula is C31H33NO6. The summed E-state index contributed by atoms with van der Waals surface area (Å²) in [5.74, 6) is -1.02. The number of ether oxygens (including phenoxy) is 3. The fourth-order valence-corrected chi connectivity index (χ4v) is 4.69. The van der Waals surface area contributed by atoms with Crippen molar-refractivity contribution in [3.8, 4) is 11.1 Å². The molecule has 4 rings (SSSR count). The van der Waals surface area contributed by atoms with Crippen molar-refractivity contribution in [3.63, 3.8) is 0 Å². The zero-order valence-electron chi connectivity index (χ0n) is 22.2. The summed E-state index contributed by atoms with van der Waals surface area (Å²) in [5.41, 5.74) is 5.26. The first-order valence-electron chi connectivity index (χ1n) is 12.6. The summed E-state index contributed by atoms with van der Waals surface area (Å²) < 4.78 is 16.0. The number of methoxy groups -OCH3 is 1. The van der Waals surface area contributed by atoms with Crippen molar-refractivity contribution in [1.82, 2.24) is 5.32 Å². The molecule has 0 heterocycles. The molecule has 3 aromatic carbocycles. The number of esters is 2. The molecule has 0 radical (unpaired) electrons. The lowest BCUT2D eigenvalue weighted by Crippen LogP contribution is -2.46. The van der Waals surface area contributed by atoms with Crippen molar-refractivity contribution >= 4 is 18.0 Å². The van der Waals surface area contributed by atoms with Crippen LogP contribution < -0.4 is 5.32 Å².